The maximum absolute atomic E-state index is 5.63. The summed E-state index contributed by atoms with van der Waals surface area (Å²) in [4.78, 5) is 0. The van der Waals surface area contributed by atoms with Crippen molar-refractivity contribution in [3.8, 4) is 18.1 Å². The highest BCUT2D eigenvalue weighted by molar-refractivity contribution is 5.37. The second-order valence-corrected chi connectivity index (χ2v) is 4.34. The van der Waals surface area contributed by atoms with Gasteiger partial charge in [-0.3, -0.25) is 0 Å². The summed E-state index contributed by atoms with van der Waals surface area (Å²) in [6.45, 7) is 1.83. The smallest absolute Gasteiger partial charge is 0.124 e. The van der Waals surface area contributed by atoms with E-state index in [2.05, 4.69) is 23.4 Å². The van der Waals surface area contributed by atoms with E-state index in [1.807, 2.05) is 12.1 Å². The van der Waals surface area contributed by atoms with Crippen molar-refractivity contribution >= 4 is 0 Å². The summed E-state index contributed by atoms with van der Waals surface area (Å²) in [5, 5.41) is 3.59. The number of ether oxygens (including phenoxy) is 1. The Morgan fingerprint density at radius 1 is 1.35 bits per heavy atom. The zero-order valence-electron chi connectivity index (χ0n) is 10.1. The van der Waals surface area contributed by atoms with E-state index in [0.29, 0.717) is 6.04 Å². The average molecular weight is 229 g/mol. The van der Waals surface area contributed by atoms with Crippen LogP contribution in [0.1, 0.15) is 37.3 Å². The summed E-state index contributed by atoms with van der Waals surface area (Å²) >= 11 is 0. The van der Waals surface area contributed by atoms with Gasteiger partial charge >= 0.3 is 0 Å². The first-order valence-corrected chi connectivity index (χ1v) is 6.30. The molecule has 17 heavy (non-hydrogen) atoms. The molecular formula is C15H19NO. The third-order valence-corrected chi connectivity index (χ3v) is 3.10. The monoisotopic (exact) mass is 229 g/mol. The van der Waals surface area contributed by atoms with Gasteiger partial charge in [-0.25, -0.2) is 0 Å². The Labute approximate surface area is 103 Å². The normalized spacial score (nSPS) is 17.9. The molecule has 1 unspecified atom stereocenters. The number of unbranched alkanes of at least 4 members (excludes halogenated alkanes) is 2. The van der Waals surface area contributed by atoms with E-state index in [0.717, 1.165) is 44.6 Å². The van der Waals surface area contributed by atoms with Gasteiger partial charge in [-0.1, -0.05) is 18.2 Å². The Hall–Kier alpha value is -1.46. The highest BCUT2D eigenvalue weighted by atomic mass is 16.5. The molecule has 2 rings (SSSR count). The lowest BCUT2D eigenvalue weighted by Gasteiger charge is -2.26. The molecule has 0 bridgehead atoms. The van der Waals surface area contributed by atoms with E-state index >= 15 is 0 Å². The van der Waals surface area contributed by atoms with Gasteiger partial charge in [0.25, 0.3) is 0 Å². The van der Waals surface area contributed by atoms with Crippen molar-refractivity contribution in [2.75, 3.05) is 13.2 Å². The number of rotatable bonds is 5. The van der Waals surface area contributed by atoms with E-state index in [1.54, 1.807) is 0 Å². The molecule has 90 valence electrons. The number of benzene rings is 1. The third-order valence-electron chi connectivity index (χ3n) is 3.10. The lowest BCUT2D eigenvalue weighted by atomic mass is 10.0. The van der Waals surface area contributed by atoms with Crippen LogP contribution in [0.5, 0.6) is 5.75 Å². The molecule has 0 fully saturated rings. The van der Waals surface area contributed by atoms with Crippen LogP contribution in [-0.4, -0.2) is 13.2 Å². The fraction of sp³-hybridized carbons (Fsp3) is 0.467. The fourth-order valence-corrected chi connectivity index (χ4v) is 2.18. The van der Waals surface area contributed by atoms with Crippen LogP contribution in [0.3, 0.4) is 0 Å². The molecule has 0 saturated carbocycles. The van der Waals surface area contributed by atoms with E-state index in [4.69, 9.17) is 11.2 Å². The van der Waals surface area contributed by atoms with Gasteiger partial charge in [-0.05, 0) is 25.5 Å². The van der Waals surface area contributed by atoms with E-state index < -0.39 is 0 Å². The van der Waals surface area contributed by atoms with Gasteiger partial charge in [0.15, 0.2) is 0 Å². The standard InChI is InChI=1S/C15H19NO/c1-2-3-4-7-11-16-14-10-12-17-15-9-6-5-8-13(14)15/h1,5-6,8-9,14,16H,3-4,7,10-12H2. The molecule has 0 saturated heterocycles. The van der Waals surface area contributed by atoms with Crippen molar-refractivity contribution < 1.29 is 4.74 Å². The summed E-state index contributed by atoms with van der Waals surface area (Å²) in [5.74, 6) is 3.70. The molecule has 2 nitrogen and oxygen atoms in total. The minimum atomic E-state index is 0.436. The van der Waals surface area contributed by atoms with Crippen LogP contribution >= 0.6 is 0 Å². The van der Waals surface area contributed by atoms with Gasteiger partial charge < -0.3 is 10.1 Å². The summed E-state index contributed by atoms with van der Waals surface area (Å²) in [5.41, 5.74) is 1.29. The number of terminal acetylenes is 1. The van der Waals surface area contributed by atoms with Gasteiger partial charge in [-0.15, -0.1) is 12.3 Å². The molecule has 1 aliphatic rings. The van der Waals surface area contributed by atoms with Crippen LogP contribution in [0.2, 0.25) is 0 Å². The van der Waals surface area contributed by atoms with E-state index in [9.17, 15) is 0 Å². The maximum atomic E-state index is 5.63. The third kappa shape index (κ3) is 3.25. The van der Waals surface area contributed by atoms with Crippen molar-refractivity contribution in [2.24, 2.45) is 0 Å². The highest BCUT2D eigenvalue weighted by Crippen LogP contribution is 2.31. The number of nitrogens with one attached hydrogen (secondary N) is 1. The predicted octanol–water partition coefficient (Wildman–Crippen LogP) is 2.90. The first-order chi connectivity index (χ1) is 8.42. The van der Waals surface area contributed by atoms with Crippen LogP contribution in [-0.2, 0) is 0 Å². The lowest BCUT2D eigenvalue weighted by molar-refractivity contribution is 0.252. The predicted molar refractivity (Wildman–Crippen MR) is 70.0 cm³/mol. The van der Waals surface area contributed by atoms with Crippen LogP contribution in [0.15, 0.2) is 24.3 Å². The van der Waals surface area contributed by atoms with Crippen LogP contribution in [0.4, 0.5) is 0 Å². The highest BCUT2D eigenvalue weighted by Gasteiger charge is 2.19. The summed E-state index contributed by atoms with van der Waals surface area (Å²) in [6, 6.07) is 8.72. The molecule has 0 amide bonds. The molecule has 1 aromatic rings. The molecule has 1 atom stereocenters. The van der Waals surface area contributed by atoms with E-state index in [-0.39, 0.29) is 0 Å². The van der Waals surface area contributed by atoms with Crippen LogP contribution in [0, 0.1) is 12.3 Å². The SMILES string of the molecule is C#CCCCCNC1CCOc2ccccc21. The Bertz CT molecular complexity index is 394. The Kier molecular flexibility index (Phi) is 4.46. The zero-order valence-corrected chi connectivity index (χ0v) is 10.1. The summed E-state index contributed by atoms with van der Waals surface area (Å²) < 4.78 is 5.63. The minimum absolute atomic E-state index is 0.436. The molecule has 2 heteroatoms. The average Bonchev–Trinajstić information content (AvgIpc) is 2.39. The molecular weight excluding hydrogens is 210 g/mol. The number of hydrogen-bond donors (Lipinski definition) is 1. The first-order valence-electron chi connectivity index (χ1n) is 6.30. The maximum Gasteiger partial charge on any atom is 0.124 e. The topological polar surface area (TPSA) is 21.3 Å². The van der Waals surface area contributed by atoms with Crippen molar-refractivity contribution in [1.82, 2.24) is 5.32 Å². The van der Waals surface area contributed by atoms with Crippen molar-refractivity contribution in [3.05, 3.63) is 29.8 Å². The number of hydrogen-bond acceptors (Lipinski definition) is 2. The second kappa shape index (κ2) is 6.32. The molecule has 0 aromatic heterocycles. The summed E-state index contributed by atoms with van der Waals surface area (Å²) in [6.07, 6.45) is 9.41. The van der Waals surface area contributed by atoms with Crippen molar-refractivity contribution in [3.63, 3.8) is 0 Å². The lowest BCUT2D eigenvalue weighted by Crippen LogP contribution is -2.27. The van der Waals surface area contributed by atoms with E-state index in [1.165, 1.54) is 5.56 Å². The van der Waals surface area contributed by atoms with Gasteiger partial charge in [0, 0.05) is 24.4 Å². The zero-order chi connectivity index (χ0) is 11.9. The molecule has 0 aliphatic carbocycles. The Morgan fingerprint density at radius 2 is 2.24 bits per heavy atom. The minimum Gasteiger partial charge on any atom is -0.493 e. The number of fused-ring (bicyclic) bond motifs is 1. The number of para-hydroxylation sites is 1. The molecule has 0 radical (unpaired) electrons. The van der Waals surface area contributed by atoms with Crippen LogP contribution < -0.4 is 10.1 Å². The molecule has 1 heterocycles. The molecule has 1 aromatic carbocycles. The van der Waals surface area contributed by atoms with Crippen LogP contribution in [0.25, 0.3) is 0 Å². The van der Waals surface area contributed by atoms with Gasteiger partial charge in [-0.2, -0.15) is 0 Å². The Morgan fingerprint density at radius 3 is 3.12 bits per heavy atom. The largest absolute Gasteiger partial charge is 0.493 e. The van der Waals surface area contributed by atoms with Crippen molar-refractivity contribution in [2.45, 2.75) is 31.7 Å². The molecule has 0 spiro atoms. The Balaban J connectivity index is 1.84. The quantitative estimate of drug-likeness (QED) is 0.619. The second-order valence-electron chi connectivity index (χ2n) is 4.34. The fourth-order valence-electron chi connectivity index (χ4n) is 2.18. The van der Waals surface area contributed by atoms with Crippen molar-refractivity contribution in [1.29, 1.82) is 0 Å². The van der Waals surface area contributed by atoms with Gasteiger partial charge in [0.1, 0.15) is 5.75 Å². The van der Waals surface area contributed by atoms with Gasteiger partial charge in [0.05, 0.1) is 6.61 Å². The van der Waals surface area contributed by atoms with Gasteiger partial charge in [0.2, 0.25) is 0 Å². The molecule has 1 aliphatic heterocycles. The molecule has 1 N–H and O–H groups in total. The first kappa shape index (κ1) is 12.0. The summed E-state index contributed by atoms with van der Waals surface area (Å²) in [7, 11) is 0.